The number of aliphatic hydroxyl groups is 1. The third-order valence-electron chi connectivity index (χ3n) is 3.09. The van der Waals surface area contributed by atoms with E-state index in [1.807, 2.05) is 24.3 Å². The Bertz CT molecular complexity index is 626. The Kier molecular flexibility index (Phi) is 4.73. The number of nitrogens with one attached hydrogen (secondary N) is 1. The van der Waals surface area contributed by atoms with Gasteiger partial charge in [0, 0.05) is 6.54 Å². The van der Waals surface area contributed by atoms with E-state index in [-0.39, 0.29) is 18.0 Å². The number of rotatable bonds is 6. The fourth-order valence-corrected chi connectivity index (χ4v) is 1.98. The van der Waals surface area contributed by atoms with E-state index in [1.165, 1.54) is 7.11 Å². The van der Waals surface area contributed by atoms with Gasteiger partial charge in [0.15, 0.2) is 5.75 Å². The molecule has 2 aromatic rings. The molecule has 2 N–H and O–H groups in total. The molecule has 21 heavy (non-hydrogen) atoms. The first-order valence-corrected chi connectivity index (χ1v) is 6.39. The molecule has 0 aliphatic carbocycles. The summed E-state index contributed by atoms with van der Waals surface area (Å²) >= 11 is 0. The molecule has 2 aromatic carbocycles. The highest BCUT2D eigenvalue weighted by molar-refractivity contribution is 5.68. The van der Waals surface area contributed by atoms with Gasteiger partial charge < -0.3 is 15.2 Å². The Balaban J connectivity index is 2.17. The molecule has 0 radical (unpaired) electrons. The van der Waals surface area contributed by atoms with Crippen molar-refractivity contribution in [1.82, 2.24) is 0 Å². The second-order valence-corrected chi connectivity index (χ2v) is 4.44. The molecule has 0 fully saturated rings. The Labute approximate surface area is 122 Å². The lowest BCUT2D eigenvalue weighted by Crippen LogP contribution is -2.04. The van der Waals surface area contributed by atoms with Crippen molar-refractivity contribution in [1.29, 1.82) is 0 Å². The van der Waals surface area contributed by atoms with Crippen LogP contribution in [-0.2, 0) is 13.2 Å². The number of ether oxygens (including phenoxy) is 1. The molecule has 6 heteroatoms. The van der Waals surface area contributed by atoms with Gasteiger partial charge >= 0.3 is 5.69 Å². The van der Waals surface area contributed by atoms with Crippen molar-refractivity contribution in [2.24, 2.45) is 0 Å². The number of para-hydroxylation sites is 1. The lowest BCUT2D eigenvalue weighted by Gasteiger charge is -2.10. The molecule has 0 atom stereocenters. The van der Waals surface area contributed by atoms with E-state index in [4.69, 9.17) is 9.84 Å². The fraction of sp³-hybridized carbons (Fsp3) is 0.200. The van der Waals surface area contributed by atoms with Crippen LogP contribution in [0.5, 0.6) is 5.75 Å². The summed E-state index contributed by atoms with van der Waals surface area (Å²) in [6, 6.07) is 12.3. The molecular formula is C15H16N2O4. The minimum Gasteiger partial charge on any atom is -0.490 e. The van der Waals surface area contributed by atoms with Gasteiger partial charge in [0.05, 0.1) is 18.6 Å². The summed E-state index contributed by atoms with van der Waals surface area (Å²) in [7, 11) is 1.40. The highest BCUT2D eigenvalue weighted by Crippen LogP contribution is 2.34. The number of nitro benzene ring substituents is 1. The molecule has 0 amide bonds. The summed E-state index contributed by atoms with van der Waals surface area (Å²) in [6.07, 6.45) is 0. The van der Waals surface area contributed by atoms with Crippen LogP contribution in [0, 0.1) is 10.1 Å². The Morgan fingerprint density at radius 1 is 1.19 bits per heavy atom. The fourth-order valence-electron chi connectivity index (χ4n) is 1.98. The van der Waals surface area contributed by atoms with E-state index in [0.717, 1.165) is 11.1 Å². The van der Waals surface area contributed by atoms with E-state index >= 15 is 0 Å². The quantitative estimate of drug-likeness (QED) is 0.630. The summed E-state index contributed by atoms with van der Waals surface area (Å²) in [5, 5.41) is 23.2. The van der Waals surface area contributed by atoms with E-state index in [0.29, 0.717) is 12.2 Å². The van der Waals surface area contributed by atoms with Crippen molar-refractivity contribution >= 4 is 11.4 Å². The summed E-state index contributed by atoms with van der Waals surface area (Å²) < 4.78 is 5.02. The molecule has 0 saturated carbocycles. The van der Waals surface area contributed by atoms with Crippen LogP contribution >= 0.6 is 0 Å². The first kappa shape index (κ1) is 14.8. The minimum absolute atomic E-state index is 0.00490. The molecule has 2 rings (SSSR count). The second-order valence-electron chi connectivity index (χ2n) is 4.44. The summed E-state index contributed by atoms with van der Waals surface area (Å²) in [4.78, 5) is 10.7. The van der Waals surface area contributed by atoms with Gasteiger partial charge in [0.1, 0.15) is 5.69 Å². The molecule has 0 bridgehead atoms. The normalized spacial score (nSPS) is 10.2. The second kappa shape index (κ2) is 6.71. The van der Waals surface area contributed by atoms with Crippen molar-refractivity contribution in [2.75, 3.05) is 12.4 Å². The number of nitrogens with zero attached hydrogens (tertiary/aromatic N) is 1. The molecule has 0 aliphatic rings. The van der Waals surface area contributed by atoms with Crippen molar-refractivity contribution in [2.45, 2.75) is 13.2 Å². The molecule has 6 nitrogen and oxygen atoms in total. The monoisotopic (exact) mass is 288 g/mol. The van der Waals surface area contributed by atoms with E-state index in [9.17, 15) is 10.1 Å². The molecule has 0 aliphatic heterocycles. The number of methoxy groups -OCH3 is 1. The van der Waals surface area contributed by atoms with Gasteiger partial charge in [-0.05, 0) is 23.3 Å². The van der Waals surface area contributed by atoms with Crippen LogP contribution < -0.4 is 10.1 Å². The van der Waals surface area contributed by atoms with Crippen LogP contribution in [-0.4, -0.2) is 17.1 Å². The maximum absolute atomic E-state index is 11.2. The zero-order valence-corrected chi connectivity index (χ0v) is 11.6. The van der Waals surface area contributed by atoms with Crippen molar-refractivity contribution in [3.05, 3.63) is 63.7 Å². The van der Waals surface area contributed by atoms with E-state index in [2.05, 4.69) is 5.32 Å². The van der Waals surface area contributed by atoms with Crippen LogP contribution in [0.1, 0.15) is 11.1 Å². The van der Waals surface area contributed by atoms with Gasteiger partial charge in [0.25, 0.3) is 0 Å². The van der Waals surface area contributed by atoms with Gasteiger partial charge in [0.2, 0.25) is 0 Å². The average Bonchev–Trinajstić information content (AvgIpc) is 2.52. The van der Waals surface area contributed by atoms with Crippen LogP contribution in [0.2, 0.25) is 0 Å². The van der Waals surface area contributed by atoms with Crippen molar-refractivity contribution < 1.29 is 14.8 Å². The van der Waals surface area contributed by atoms with E-state index in [1.54, 1.807) is 18.2 Å². The third-order valence-corrected chi connectivity index (χ3v) is 3.09. The third kappa shape index (κ3) is 3.49. The molecule has 0 spiro atoms. The van der Waals surface area contributed by atoms with Gasteiger partial charge in [-0.1, -0.05) is 30.3 Å². The highest BCUT2D eigenvalue weighted by Gasteiger charge is 2.19. The van der Waals surface area contributed by atoms with Gasteiger partial charge in [-0.25, -0.2) is 0 Å². The lowest BCUT2D eigenvalue weighted by molar-refractivity contribution is -0.384. The summed E-state index contributed by atoms with van der Waals surface area (Å²) in [5.41, 5.74) is 2.12. The van der Waals surface area contributed by atoms with Gasteiger partial charge in [-0.15, -0.1) is 0 Å². The number of nitro groups is 1. The molecule has 110 valence electrons. The zero-order valence-electron chi connectivity index (χ0n) is 11.6. The molecule has 0 aromatic heterocycles. The average molecular weight is 288 g/mol. The standard InChI is InChI=1S/C15H16N2O4/c1-21-14-4-2-3-13(15(14)17(19)20)16-9-11-5-7-12(10-18)8-6-11/h2-8,16,18H,9-10H2,1H3. The maximum Gasteiger partial charge on any atom is 0.333 e. The lowest BCUT2D eigenvalue weighted by atomic mass is 10.1. The number of anilines is 1. The van der Waals surface area contributed by atoms with Crippen LogP contribution in [0.25, 0.3) is 0 Å². The van der Waals surface area contributed by atoms with Crippen LogP contribution in [0.4, 0.5) is 11.4 Å². The first-order chi connectivity index (χ1) is 10.2. The predicted molar refractivity (Wildman–Crippen MR) is 79.3 cm³/mol. The van der Waals surface area contributed by atoms with Crippen LogP contribution in [0.3, 0.4) is 0 Å². The SMILES string of the molecule is COc1cccc(NCc2ccc(CO)cc2)c1[N+](=O)[O-]. The van der Waals surface area contributed by atoms with Crippen LogP contribution in [0.15, 0.2) is 42.5 Å². The van der Waals surface area contributed by atoms with Crippen molar-refractivity contribution in [3.8, 4) is 5.75 Å². The maximum atomic E-state index is 11.2. The molecular weight excluding hydrogens is 272 g/mol. The Morgan fingerprint density at radius 2 is 1.86 bits per heavy atom. The van der Waals surface area contributed by atoms with Gasteiger partial charge in [-0.2, -0.15) is 0 Å². The minimum atomic E-state index is -0.462. The topological polar surface area (TPSA) is 84.6 Å². The first-order valence-electron chi connectivity index (χ1n) is 6.39. The van der Waals surface area contributed by atoms with Crippen molar-refractivity contribution in [3.63, 3.8) is 0 Å². The molecule has 0 saturated heterocycles. The largest absolute Gasteiger partial charge is 0.490 e. The summed E-state index contributed by atoms with van der Waals surface area (Å²) in [6.45, 7) is 0.439. The number of benzene rings is 2. The Morgan fingerprint density at radius 3 is 2.43 bits per heavy atom. The molecule has 0 unspecified atom stereocenters. The number of hydrogen-bond donors (Lipinski definition) is 2. The molecule has 0 heterocycles. The number of hydrogen-bond acceptors (Lipinski definition) is 5. The van der Waals surface area contributed by atoms with Gasteiger partial charge in [-0.3, -0.25) is 10.1 Å². The van der Waals surface area contributed by atoms with E-state index < -0.39 is 4.92 Å². The highest BCUT2D eigenvalue weighted by atomic mass is 16.6. The smallest absolute Gasteiger partial charge is 0.333 e. The Hall–Kier alpha value is -2.60. The zero-order chi connectivity index (χ0) is 15.2. The number of aliphatic hydroxyl groups excluding tert-OH is 1. The summed E-state index contributed by atoms with van der Waals surface area (Å²) in [5.74, 6) is 0.223. The predicted octanol–water partition coefficient (Wildman–Crippen LogP) is 2.71.